The molecule has 1 aromatic rings. The number of carbonyl (C=O) groups excluding carboxylic acids is 2. The number of benzene rings is 1. The van der Waals surface area contributed by atoms with Gasteiger partial charge < -0.3 is 24.3 Å². The van der Waals surface area contributed by atoms with Crippen molar-refractivity contribution >= 4 is 18.0 Å². The summed E-state index contributed by atoms with van der Waals surface area (Å²) >= 11 is 0. The third-order valence-electron chi connectivity index (χ3n) is 4.86. The summed E-state index contributed by atoms with van der Waals surface area (Å²) in [6.07, 6.45) is 6.96. The lowest BCUT2D eigenvalue weighted by Crippen LogP contribution is -2.39. The summed E-state index contributed by atoms with van der Waals surface area (Å²) in [6, 6.07) is 3.54. The van der Waals surface area contributed by atoms with Crippen LogP contribution >= 0.6 is 0 Å². The van der Waals surface area contributed by atoms with E-state index in [4.69, 9.17) is 18.9 Å². The van der Waals surface area contributed by atoms with Gasteiger partial charge in [0.15, 0.2) is 18.1 Å². The SMILES string of the molecule is COc1cc(OC)c(OC)cc1/C=C/C(=O)OCC(=O)NC1CCC(C)CC1. The van der Waals surface area contributed by atoms with E-state index >= 15 is 0 Å². The second kappa shape index (κ2) is 10.6. The smallest absolute Gasteiger partial charge is 0.331 e. The zero-order valence-electron chi connectivity index (χ0n) is 16.9. The van der Waals surface area contributed by atoms with E-state index in [2.05, 4.69) is 12.2 Å². The van der Waals surface area contributed by atoms with E-state index in [0.717, 1.165) is 25.7 Å². The summed E-state index contributed by atoms with van der Waals surface area (Å²) in [5.74, 6) is 1.38. The molecule has 7 nitrogen and oxygen atoms in total. The molecule has 0 aromatic heterocycles. The lowest BCUT2D eigenvalue weighted by Gasteiger charge is -2.26. The van der Waals surface area contributed by atoms with Crippen LogP contribution in [0.3, 0.4) is 0 Å². The first kappa shape index (κ1) is 21.6. The van der Waals surface area contributed by atoms with E-state index in [1.165, 1.54) is 27.4 Å². The fourth-order valence-electron chi connectivity index (χ4n) is 3.20. The van der Waals surface area contributed by atoms with Crippen molar-refractivity contribution in [3.05, 3.63) is 23.8 Å². The van der Waals surface area contributed by atoms with Gasteiger partial charge in [-0.2, -0.15) is 0 Å². The molecule has 1 aliphatic rings. The van der Waals surface area contributed by atoms with Crippen LogP contribution in [0.25, 0.3) is 6.08 Å². The van der Waals surface area contributed by atoms with Gasteiger partial charge in [-0.25, -0.2) is 4.79 Å². The fraction of sp³-hybridized carbons (Fsp3) is 0.524. The third kappa shape index (κ3) is 6.18. The number of nitrogens with one attached hydrogen (secondary N) is 1. The van der Waals surface area contributed by atoms with Gasteiger partial charge in [-0.3, -0.25) is 4.79 Å². The Morgan fingerprint density at radius 1 is 1.00 bits per heavy atom. The second-order valence-electron chi connectivity index (χ2n) is 6.91. The van der Waals surface area contributed by atoms with Crippen LogP contribution < -0.4 is 19.5 Å². The first-order chi connectivity index (χ1) is 13.5. The summed E-state index contributed by atoms with van der Waals surface area (Å²) in [5, 5.41) is 2.92. The molecule has 0 atom stereocenters. The molecule has 1 amide bonds. The summed E-state index contributed by atoms with van der Waals surface area (Å²) in [5.41, 5.74) is 0.623. The number of methoxy groups -OCH3 is 3. The zero-order chi connectivity index (χ0) is 20.5. The van der Waals surface area contributed by atoms with Crippen molar-refractivity contribution in [3.63, 3.8) is 0 Å². The van der Waals surface area contributed by atoms with Crippen LogP contribution in [0.1, 0.15) is 38.2 Å². The molecule has 0 spiro atoms. The van der Waals surface area contributed by atoms with Crippen LogP contribution in [-0.4, -0.2) is 45.9 Å². The summed E-state index contributed by atoms with van der Waals surface area (Å²) in [6.45, 7) is 1.93. The molecule has 154 valence electrons. The molecule has 0 heterocycles. The molecule has 1 fully saturated rings. The van der Waals surface area contributed by atoms with Crippen molar-refractivity contribution in [1.29, 1.82) is 0 Å². The van der Waals surface area contributed by atoms with Crippen molar-refractivity contribution in [3.8, 4) is 17.2 Å². The van der Waals surface area contributed by atoms with E-state index in [0.29, 0.717) is 28.7 Å². The predicted octanol–water partition coefficient (Wildman–Crippen LogP) is 2.96. The predicted molar refractivity (Wildman–Crippen MR) is 106 cm³/mol. The van der Waals surface area contributed by atoms with Crippen molar-refractivity contribution in [2.24, 2.45) is 5.92 Å². The number of hydrogen-bond acceptors (Lipinski definition) is 6. The molecule has 1 N–H and O–H groups in total. The Hall–Kier alpha value is -2.70. The molecule has 7 heteroatoms. The molecule has 2 rings (SSSR count). The minimum atomic E-state index is -0.607. The van der Waals surface area contributed by atoms with Crippen molar-refractivity contribution < 1.29 is 28.5 Å². The first-order valence-electron chi connectivity index (χ1n) is 9.41. The molecule has 1 aromatic carbocycles. The quantitative estimate of drug-likeness (QED) is 0.542. The highest BCUT2D eigenvalue weighted by Crippen LogP contribution is 2.35. The fourth-order valence-corrected chi connectivity index (χ4v) is 3.20. The van der Waals surface area contributed by atoms with Gasteiger partial charge >= 0.3 is 5.97 Å². The lowest BCUT2D eigenvalue weighted by atomic mass is 9.87. The highest BCUT2D eigenvalue weighted by molar-refractivity contribution is 5.90. The number of amides is 1. The van der Waals surface area contributed by atoms with Crippen LogP contribution in [0, 0.1) is 5.92 Å². The molecule has 1 aliphatic carbocycles. The average molecular weight is 391 g/mol. The maximum absolute atomic E-state index is 12.0. The largest absolute Gasteiger partial charge is 0.496 e. The first-order valence-corrected chi connectivity index (χ1v) is 9.41. The summed E-state index contributed by atoms with van der Waals surface area (Å²) < 4.78 is 20.8. The molecule has 0 aliphatic heterocycles. The molecular formula is C21H29NO6. The minimum Gasteiger partial charge on any atom is -0.496 e. The van der Waals surface area contributed by atoms with E-state index < -0.39 is 5.97 Å². The Labute approximate surface area is 166 Å². The van der Waals surface area contributed by atoms with Crippen molar-refractivity contribution in [1.82, 2.24) is 5.32 Å². The van der Waals surface area contributed by atoms with E-state index in [1.807, 2.05) is 0 Å². The minimum absolute atomic E-state index is 0.175. The van der Waals surface area contributed by atoms with Gasteiger partial charge in [-0.1, -0.05) is 6.92 Å². The summed E-state index contributed by atoms with van der Waals surface area (Å²) in [4.78, 5) is 23.9. The maximum Gasteiger partial charge on any atom is 0.331 e. The van der Waals surface area contributed by atoms with Gasteiger partial charge in [-0.05, 0) is 43.7 Å². The molecule has 0 saturated heterocycles. The van der Waals surface area contributed by atoms with E-state index in [-0.39, 0.29) is 18.6 Å². The molecule has 0 bridgehead atoms. The Balaban J connectivity index is 1.88. The van der Waals surface area contributed by atoms with Gasteiger partial charge in [0, 0.05) is 23.7 Å². The number of rotatable bonds is 8. The number of ether oxygens (including phenoxy) is 4. The average Bonchev–Trinajstić information content (AvgIpc) is 2.71. The van der Waals surface area contributed by atoms with E-state index in [9.17, 15) is 9.59 Å². The topological polar surface area (TPSA) is 83.1 Å². The van der Waals surface area contributed by atoms with Gasteiger partial charge in [-0.15, -0.1) is 0 Å². The second-order valence-corrected chi connectivity index (χ2v) is 6.91. The van der Waals surface area contributed by atoms with Crippen LogP contribution in [0.5, 0.6) is 17.2 Å². The molecule has 1 saturated carbocycles. The summed E-state index contributed by atoms with van der Waals surface area (Å²) in [7, 11) is 4.58. The van der Waals surface area contributed by atoms with E-state index in [1.54, 1.807) is 18.2 Å². The van der Waals surface area contributed by atoms with Crippen LogP contribution in [0.4, 0.5) is 0 Å². The highest BCUT2D eigenvalue weighted by atomic mass is 16.5. The van der Waals surface area contributed by atoms with Crippen molar-refractivity contribution in [2.75, 3.05) is 27.9 Å². The number of esters is 1. The molecular weight excluding hydrogens is 362 g/mol. The van der Waals surface area contributed by atoms with Gasteiger partial charge in [0.05, 0.1) is 21.3 Å². The zero-order valence-corrected chi connectivity index (χ0v) is 16.9. The Morgan fingerprint density at radius 2 is 1.61 bits per heavy atom. The third-order valence-corrected chi connectivity index (χ3v) is 4.86. The highest BCUT2D eigenvalue weighted by Gasteiger charge is 2.20. The van der Waals surface area contributed by atoms with Crippen molar-refractivity contribution in [2.45, 2.75) is 38.6 Å². The monoisotopic (exact) mass is 391 g/mol. The standard InChI is InChI=1S/C21H29NO6/c1-14-5-8-16(9-6-14)22-20(23)13-28-21(24)10-7-15-11-18(26-3)19(27-4)12-17(15)25-2/h7,10-12,14,16H,5-6,8-9,13H2,1-4H3,(H,22,23)/b10-7+. The van der Waals surface area contributed by atoms with Crippen LogP contribution in [0.2, 0.25) is 0 Å². The molecule has 0 unspecified atom stereocenters. The van der Waals surface area contributed by atoms with Gasteiger partial charge in [0.1, 0.15) is 5.75 Å². The van der Waals surface area contributed by atoms with Gasteiger partial charge in [0.25, 0.3) is 5.91 Å². The van der Waals surface area contributed by atoms with Crippen LogP contribution in [0.15, 0.2) is 18.2 Å². The Morgan fingerprint density at radius 3 is 2.21 bits per heavy atom. The number of carbonyl (C=O) groups is 2. The number of hydrogen-bond donors (Lipinski definition) is 1. The lowest BCUT2D eigenvalue weighted by molar-refractivity contribution is -0.144. The Bertz CT molecular complexity index is 707. The normalized spacial score (nSPS) is 19.1. The Kier molecular flexibility index (Phi) is 8.17. The molecule has 0 radical (unpaired) electrons. The van der Waals surface area contributed by atoms with Gasteiger partial charge in [0.2, 0.25) is 0 Å². The van der Waals surface area contributed by atoms with Crippen LogP contribution in [-0.2, 0) is 14.3 Å². The molecule has 28 heavy (non-hydrogen) atoms. The maximum atomic E-state index is 12.0.